The molecule has 0 radical (unpaired) electrons. The third-order valence-corrected chi connectivity index (χ3v) is 4.47. The van der Waals surface area contributed by atoms with E-state index in [-0.39, 0.29) is 11.3 Å². The van der Waals surface area contributed by atoms with Crippen molar-refractivity contribution in [3.63, 3.8) is 0 Å². The van der Waals surface area contributed by atoms with Crippen molar-refractivity contribution < 1.29 is 28.9 Å². The number of carboxylic acids is 1. The van der Waals surface area contributed by atoms with E-state index in [2.05, 4.69) is 5.32 Å². The molecule has 0 aromatic heterocycles. The number of nitrogens with one attached hydrogen (secondary N) is 1. The molecule has 0 unspecified atom stereocenters. The first-order chi connectivity index (χ1) is 13.3. The maximum atomic E-state index is 12.5. The van der Waals surface area contributed by atoms with E-state index in [1.54, 1.807) is 18.2 Å². The Hall–Kier alpha value is -3.22. The SMILES string of the molecule is CC(C)(CNC(=O)c1cccc(OCC(=O)O)c1)c1ccc2c(c1)OCCO2. The second-order valence-corrected chi connectivity index (χ2v) is 7.14. The summed E-state index contributed by atoms with van der Waals surface area (Å²) < 4.78 is 16.3. The Balaban J connectivity index is 1.65. The number of ether oxygens (including phenoxy) is 3. The van der Waals surface area contributed by atoms with E-state index in [0.29, 0.717) is 36.8 Å². The molecule has 0 aliphatic carbocycles. The molecule has 2 aromatic rings. The van der Waals surface area contributed by atoms with Gasteiger partial charge in [0.25, 0.3) is 5.91 Å². The lowest BCUT2D eigenvalue weighted by Gasteiger charge is -2.28. The van der Waals surface area contributed by atoms with Gasteiger partial charge >= 0.3 is 5.97 Å². The summed E-state index contributed by atoms with van der Waals surface area (Å²) in [5.41, 5.74) is 1.10. The molecule has 1 amide bonds. The summed E-state index contributed by atoms with van der Waals surface area (Å²) in [5, 5.41) is 11.6. The predicted molar refractivity (Wildman–Crippen MR) is 102 cm³/mol. The molecule has 7 heteroatoms. The molecule has 1 aliphatic heterocycles. The van der Waals surface area contributed by atoms with E-state index in [9.17, 15) is 9.59 Å². The monoisotopic (exact) mass is 385 g/mol. The quantitative estimate of drug-likeness (QED) is 0.761. The number of benzene rings is 2. The van der Waals surface area contributed by atoms with E-state index in [0.717, 1.165) is 11.3 Å². The van der Waals surface area contributed by atoms with Crippen LogP contribution in [0, 0.1) is 0 Å². The zero-order valence-corrected chi connectivity index (χ0v) is 15.9. The Kier molecular flexibility index (Phi) is 5.73. The number of carbonyl (C=O) groups excluding carboxylic acids is 1. The molecular formula is C21H23NO6. The van der Waals surface area contributed by atoms with E-state index < -0.39 is 12.6 Å². The highest BCUT2D eigenvalue weighted by molar-refractivity contribution is 5.94. The molecule has 7 nitrogen and oxygen atoms in total. The first-order valence-corrected chi connectivity index (χ1v) is 8.98. The average molecular weight is 385 g/mol. The molecule has 0 saturated heterocycles. The average Bonchev–Trinajstić information content (AvgIpc) is 2.70. The van der Waals surface area contributed by atoms with Crippen molar-refractivity contribution in [3.8, 4) is 17.2 Å². The van der Waals surface area contributed by atoms with Gasteiger partial charge in [0.15, 0.2) is 18.1 Å². The van der Waals surface area contributed by atoms with Crippen molar-refractivity contribution in [2.45, 2.75) is 19.3 Å². The minimum Gasteiger partial charge on any atom is -0.486 e. The van der Waals surface area contributed by atoms with Crippen molar-refractivity contribution >= 4 is 11.9 Å². The van der Waals surface area contributed by atoms with Gasteiger partial charge in [-0.3, -0.25) is 4.79 Å². The zero-order chi connectivity index (χ0) is 20.1. The molecule has 0 bridgehead atoms. The lowest BCUT2D eigenvalue weighted by Crippen LogP contribution is -2.36. The number of carbonyl (C=O) groups is 2. The smallest absolute Gasteiger partial charge is 0.341 e. The summed E-state index contributed by atoms with van der Waals surface area (Å²) in [5.74, 6) is 0.447. The van der Waals surface area contributed by atoms with Crippen molar-refractivity contribution in [1.29, 1.82) is 0 Å². The van der Waals surface area contributed by atoms with Crippen LogP contribution in [0.5, 0.6) is 17.2 Å². The van der Waals surface area contributed by atoms with Crippen LogP contribution in [0.2, 0.25) is 0 Å². The van der Waals surface area contributed by atoms with Crippen molar-refractivity contribution in [2.24, 2.45) is 0 Å². The molecule has 0 atom stereocenters. The number of carboxylic acid groups (broad SMARTS) is 1. The first kappa shape index (κ1) is 19.5. The van der Waals surface area contributed by atoms with Gasteiger partial charge in [0, 0.05) is 17.5 Å². The van der Waals surface area contributed by atoms with Gasteiger partial charge in [-0.1, -0.05) is 26.0 Å². The van der Waals surface area contributed by atoms with Crippen LogP contribution in [-0.2, 0) is 10.2 Å². The topological polar surface area (TPSA) is 94.1 Å². The molecule has 28 heavy (non-hydrogen) atoms. The predicted octanol–water partition coefficient (Wildman–Crippen LogP) is 2.63. The fourth-order valence-corrected chi connectivity index (χ4v) is 2.84. The first-order valence-electron chi connectivity index (χ1n) is 8.98. The molecular weight excluding hydrogens is 362 g/mol. The van der Waals surface area contributed by atoms with Gasteiger partial charge in [-0.15, -0.1) is 0 Å². The van der Waals surface area contributed by atoms with Gasteiger partial charge in [-0.25, -0.2) is 4.79 Å². The fraction of sp³-hybridized carbons (Fsp3) is 0.333. The van der Waals surface area contributed by atoms with Crippen molar-refractivity contribution in [2.75, 3.05) is 26.4 Å². The fourth-order valence-electron chi connectivity index (χ4n) is 2.84. The molecule has 3 rings (SSSR count). The van der Waals surface area contributed by atoms with Gasteiger partial charge in [0.2, 0.25) is 0 Å². The number of amides is 1. The van der Waals surface area contributed by atoms with E-state index in [1.807, 2.05) is 32.0 Å². The minimum absolute atomic E-state index is 0.258. The Morgan fingerprint density at radius 2 is 1.86 bits per heavy atom. The molecule has 0 saturated carbocycles. The van der Waals surface area contributed by atoms with Gasteiger partial charge in [-0.2, -0.15) is 0 Å². The van der Waals surface area contributed by atoms with Crippen molar-refractivity contribution in [1.82, 2.24) is 5.32 Å². The third-order valence-electron chi connectivity index (χ3n) is 4.47. The maximum absolute atomic E-state index is 12.5. The van der Waals surface area contributed by atoms with Crippen LogP contribution in [0.4, 0.5) is 0 Å². The van der Waals surface area contributed by atoms with Gasteiger partial charge < -0.3 is 24.6 Å². The number of aliphatic carboxylic acids is 1. The van der Waals surface area contributed by atoms with Crippen LogP contribution in [-0.4, -0.2) is 43.3 Å². The second-order valence-electron chi connectivity index (χ2n) is 7.14. The maximum Gasteiger partial charge on any atom is 0.341 e. The number of rotatable bonds is 7. The zero-order valence-electron chi connectivity index (χ0n) is 15.9. The highest BCUT2D eigenvalue weighted by atomic mass is 16.6. The number of fused-ring (bicyclic) bond motifs is 1. The van der Waals surface area contributed by atoms with Crippen LogP contribution in [0.1, 0.15) is 29.8 Å². The van der Waals surface area contributed by atoms with E-state index >= 15 is 0 Å². The molecule has 2 N–H and O–H groups in total. The second kappa shape index (κ2) is 8.21. The molecule has 0 spiro atoms. The summed E-state index contributed by atoms with van der Waals surface area (Å²) in [7, 11) is 0. The van der Waals surface area contributed by atoms with E-state index in [4.69, 9.17) is 19.3 Å². The van der Waals surface area contributed by atoms with Crippen LogP contribution in [0.15, 0.2) is 42.5 Å². The lowest BCUT2D eigenvalue weighted by atomic mass is 9.84. The van der Waals surface area contributed by atoms with Crippen LogP contribution in [0.25, 0.3) is 0 Å². The third kappa shape index (κ3) is 4.73. The molecule has 1 heterocycles. The van der Waals surface area contributed by atoms with Gasteiger partial charge in [0.1, 0.15) is 19.0 Å². The minimum atomic E-state index is -1.07. The molecule has 148 valence electrons. The Morgan fingerprint density at radius 3 is 2.61 bits per heavy atom. The summed E-state index contributed by atoms with van der Waals surface area (Å²) in [4.78, 5) is 23.1. The van der Waals surface area contributed by atoms with Crippen LogP contribution >= 0.6 is 0 Å². The summed E-state index contributed by atoms with van der Waals surface area (Å²) in [6, 6.07) is 12.2. The van der Waals surface area contributed by atoms with Gasteiger partial charge in [0.05, 0.1) is 0 Å². The number of hydrogen-bond donors (Lipinski definition) is 2. The Morgan fingerprint density at radius 1 is 1.11 bits per heavy atom. The normalized spacial score (nSPS) is 12.9. The standard InChI is InChI=1S/C21H23NO6/c1-21(2,15-6-7-17-18(11-15)27-9-8-26-17)13-22-20(25)14-4-3-5-16(10-14)28-12-19(23)24/h3-7,10-11H,8-9,12-13H2,1-2H3,(H,22,25)(H,23,24). The summed E-state index contributed by atoms with van der Waals surface area (Å²) >= 11 is 0. The molecule has 1 aliphatic rings. The highest BCUT2D eigenvalue weighted by Crippen LogP contribution is 2.35. The summed E-state index contributed by atoms with van der Waals surface area (Å²) in [6.45, 7) is 5.08. The number of hydrogen-bond acceptors (Lipinski definition) is 5. The van der Waals surface area contributed by atoms with E-state index in [1.165, 1.54) is 6.07 Å². The van der Waals surface area contributed by atoms with Crippen LogP contribution in [0.3, 0.4) is 0 Å². The van der Waals surface area contributed by atoms with Crippen molar-refractivity contribution in [3.05, 3.63) is 53.6 Å². The Labute approximate surface area is 163 Å². The largest absolute Gasteiger partial charge is 0.486 e. The highest BCUT2D eigenvalue weighted by Gasteiger charge is 2.24. The Bertz CT molecular complexity index is 877. The summed E-state index contributed by atoms with van der Waals surface area (Å²) in [6.07, 6.45) is 0. The lowest BCUT2D eigenvalue weighted by molar-refractivity contribution is -0.139. The molecule has 2 aromatic carbocycles. The van der Waals surface area contributed by atoms with Crippen LogP contribution < -0.4 is 19.5 Å². The molecule has 0 fully saturated rings. The van der Waals surface area contributed by atoms with Gasteiger partial charge in [-0.05, 0) is 35.9 Å².